The number of esters is 1. The Hall–Kier alpha value is -2.83. The number of rotatable bonds is 5. The van der Waals surface area contributed by atoms with E-state index in [2.05, 4.69) is 10.4 Å². The van der Waals surface area contributed by atoms with E-state index in [0.717, 1.165) is 31.0 Å². The van der Waals surface area contributed by atoms with Gasteiger partial charge >= 0.3 is 5.97 Å². The quantitative estimate of drug-likeness (QED) is 0.843. The fourth-order valence-corrected chi connectivity index (χ4v) is 2.91. The van der Waals surface area contributed by atoms with Crippen molar-refractivity contribution in [1.29, 1.82) is 0 Å². The number of carbonyl (C=O) groups excluding carboxylic acids is 2. The van der Waals surface area contributed by atoms with Crippen molar-refractivity contribution in [2.45, 2.75) is 26.8 Å². The molecule has 2 aromatic rings. The third-order valence-corrected chi connectivity index (χ3v) is 4.02. The number of carbonyl (C=O) groups is 2. The van der Waals surface area contributed by atoms with Crippen LogP contribution in [0.5, 0.6) is 0 Å². The molecule has 0 fully saturated rings. The van der Waals surface area contributed by atoms with Gasteiger partial charge in [0.1, 0.15) is 5.82 Å². The first-order chi connectivity index (χ1) is 12.1. The van der Waals surface area contributed by atoms with Gasteiger partial charge in [0.25, 0.3) is 0 Å². The highest BCUT2D eigenvalue weighted by atomic mass is 16.5. The summed E-state index contributed by atoms with van der Waals surface area (Å²) in [5.74, 6) is 0.519. The molecule has 0 aliphatic carbocycles. The van der Waals surface area contributed by atoms with Gasteiger partial charge in [-0.1, -0.05) is 0 Å². The van der Waals surface area contributed by atoms with Gasteiger partial charge in [-0.2, -0.15) is 5.10 Å². The molecule has 0 spiro atoms. The van der Waals surface area contributed by atoms with Gasteiger partial charge in [0, 0.05) is 24.8 Å². The van der Waals surface area contributed by atoms with Crippen LogP contribution in [0.2, 0.25) is 0 Å². The number of hydrogen-bond donors (Lipinski definition) is 1. The fourth-order valence-electron chi connectivity index (χ4n) is 2.91. The van der Waals surface area contributed by atoms with Gasteiger partial charge in [-0.3, -0.25) is 4.79 Å². The molecule has 3 rings (SSSR count). The van der Waals surface area contributed by atoms with E-state index < -0.39 is 0 Å². The van der Waals surface area contributed by atoms with Crippen molar-refractivity contribution in [2.75, 3.05) is 29.9 Å². The van der Waals surface area contributed by atoms with Gasteiger partial charge < -0.3 is 15.0 Å². The molecule has 2 heterocycles. The molecule has 1 N–H and O–H groups in total. The number of aromatic nitrogens is 2. The number of ether oxygens (including phenoxy) is 1. The molecule has 1 aliphatic heterocycles. The first-order valence-electron chi connectivity index (χ1n) is 8.43. The second-order valence-corrected chi connectivity index (χ2v) is 5.99. The Labute approximate surface area is 146 Å². The fraction of sp³-hybridized carbons (Fsp3) is 0.389. The summed E-state index contributed by atoms with van der Waals surface area (Å²) in [6, 6.07) is 8.70. The molecular weight excluding hydrogens is 320 g/mol. The van der Waals surface area contributed by atoms with E-state index in [0.29, 0.717) is 17.9 Å². The summed E-state index contributed by atoms with van der Waals surface area (Å²) < 4.78 is 6.89. The lowest BCUT2D eigenvalue weighted by molar-refractivity contribution is -0.115. The van der Waals surface area contributed by atoms with E-state index in [-0.39, 0.29) is 18.4 Å². The molecule has 1 amide bonds. The summed E-state index contributed by atoms with van der Waals surface area (Å²) in [5.41, 5.74) is 2.08. The molecule has 0 radical (unpaired) electrons. The number of nitrogens with zero attached hydrogens (tertiary/aromatic N) is 3. The number of nitrogens with one attached hydrogen (secondary N) is 1. The number of fused-ring (bicyclic) bond motifs is 1. The second kappa shape index (κ2) is 7.38. The normalized spacial score (nSPS) is 13.3. The maximum Gasteiger partial charge on any atom is 0.338 e. The minimum Gasteiger partial charge on any atom is -0.462 e. The average molecular weight is 342 g/mol. The topological polar surface area (TPSA) is 76.5 Å². The summed E-state index contributed by atoms with van der Waals surface area (Å²) in [6.45, 7) is 6.04. The Kier molecular flexibility index (Phi) is 5.02. The molecule has 0 saturated carbocycles. The van der Waals surface area contributed by atoms with Crippen LogP contribution in [0.15, 0.2) is 30.3 Å². The molecule has 7 nitrogen and oxygen atoms in total. The zero-order valence-corrected chi connectivity index (χ0v) is 14.5. The van der Waals surface area contributed by atoms with Crippen LogP contribution in [-0.4, -0.2) is 41.4 Å². The zero-order chi connectivity index (χ0) is 17.8. The Morgan fingerprint density at radius 2 is 2.00 bits per heavy atom. The summed E-state index contributed by atoms with van der Waals surface area (Å²) in [4.78, 5) is 26.0. The van der Waals surface area contributed by atoms with E-state index in [1.54, 1.807) is 31.2 Å². The van der Waals surface area contributed by atoms with E-state index in [9.17, 15) is 9.59 Å². The number of aryl methyl sites for hydroxylation is 2. The van der Waals surface area contributed by atoms with Crippen molar-refractivity contribution in [1.82, 2.24) is 9.78 Å². The molecule has 25 heavy (non-hydrogen) atoms. The molecule has 0 saturated heterocycles. The number of amides is 1. The third kappa shape index (κ3) is 3.99. The first-order valence-corrected chi connectivity index (χ1v) is 8.43. The molecule has 132 valence electrons. The van der Waals surface area contributed by atoms with Gasteiger partial charge in [0.15, 0.2) is 0 Å². The van der Waals surface area contributed by atoms with Crippen LogP contribution in [0.4, 0.5) is 11.5 Å². The molecule has 0 bridgehead atoms. The monoisotopic (exact) mass is 342 g/mol. The zero-order valence-electron chi connectivity index (χ0n) is 14.5. The van der Waals surface area contributed by atoms with E-state index in [1.807, 2.05) is 22.6 Å². The Bertz CT molecular complexity index is 767. The van der Waals surface area contributed by atoms with Gasteiger partial charge in [-0.15, -0.1) is 0 Å². The first kappa shape index (κ1) is 17.0. The van der Waals surface area contributed by atoms with Crippen molar-refractivity contribution >= 4 is 23.4 Å². The summed E-state index contributed by atoms with van der Waals surface area (Å²) in [7, 11) is 0. The van der Waals surface area contributed by atoms with Crippen molar-refractivity contribution < 1.29 is 14.3 Å². The Morgan fingerprint density at radius 1 is 1.24 bits per heavy atom. The average Bonchev–Trinajstić information content (AvgIpc) is 2.97. The van der Waals surface area contributed by atoms with Crippen LogP contribution in [0.25, 0.3) is 0 Å². The highest BCUT2D eigenvalue weighted by Crippen LogP contribution is 2.21. The number of hydrogen-bond acceptors (Lipinski definition) is 5. The van der Waals surface area contributed by atoms with Crippen LogP contribution in [-0.2, 0) is 16.1 Å². The van der Waals surface area contributed by atoms with Gasteiger partial charge in [0.2, 0.25) is 5.91 Å². The molecule has 1 aromatic heterocycles. The number of anilines is 2. The van der Waals surface area contributed by atoms with Crippen LogP contribution < -0.4 is 10.2 Å². The highest BCUT2D eigenvalue weighted by molar-refractivity contribution is 5.95. The summed E-state index contributed by atoms with van der Waals surface area (Å²) in [5, 5.41) is 7.30. The molecular formula is C18H22N4O3. The molecule has 1 aromatic carbocycles. The van der Waals surface area contributed by atoms with Crippen LogP contribution >= 0.6 is 0 Å². The third-order valence-electron chi connectivity index (χ3n) is 4.02. The Balaban J connectivity index is 1.61. The predicted octanol–water partition coefficient (Wildman–Crippen LogP) is 2.22. The molecule has 1 aliphatic rings. The Morgan fingerprint density at radius 3 is 2.72 bits per heavy atom. The lowest BCUT2D eigenvalue weighted by Crippen LogP contribution is -2.38. The lowest BCUT2D eigenvalue weighted by Gasteiger charge is -2.28. The van der Waals surface area contributed by atoms with Gasteiger partial charge in [-0.05, 0) is 44.5 Å². The number of benzene rings is 1. The van der Waals surface area contributed by atoms with Crippen molar-refractivity contribution in [3.63, 3.8) is 0 Å². The summed E-state index contributed by atoms with van der Waals surface area (Å²) in [6.07, 6.45) is 0.968. The maximum atomic E-state index is 12.3. The maximum absolute atomic E-state index is 12.3. The SMILES string of the molecule is CCOC(=O)c1ccc(NC(=O)CN2CCCn3nc(C)cc32)cc1. The van der Waals surface area contributed by atoms with Gasteiger partial charge in [-0.25, -0.2) is 9.48 Å². The van der Waals surface area contributed by atoms with Crippen molar-refractivity contribution in [3.05, 3.63) is 41.6 Å². The van der Waals surface area contributed by atoms with Crippen LogP contribution in [0, 0.1) is 6.92 Å². The predicted molar refractivity (Wildman–Crippen MR) is 94.8 cm³/mol. The molecule has 7 heteroatoms. The van der Waals surface area contributed by atoms with Crippen molar-refractivity contribution in [3.8, 4) is 0 Å². The second-order valence-electron chi connectivity index (χ2n) is 5.99. The standard InChI is InChI=1S/C18H22N4O3/c1-3-25-18(24)14-5-7-15(8-6-14)19-16(23)12-21-9-4-10-22-17(21)11-13(2)20-22/h5-8,11H,3-4,9-10,12H2,1-2H3,(H,19,23). The smallest absolute Gasteiger partial charge is 0.338 e. The lowest BCUT2D eigenvalue weighted by atomic mass is 10.2. The molecule has 0 atom stereocenters. The van der Waals surface area contributed by atoms with Crippen LogP contribution in [0.1, 0.15) is 29.4 Å². The van der Waals surface area contributed by atoms with Crippen molar-refractivity contribution in [2.24, 2.45) is 0 Å². The summed E-state index contributed by atoms with van der Waals surface area (Å²) >= 11 is 0. The van der Waals surface area contributed by atoms with Crippen LogP contribution in [0.3, 0.4) is 0 Å². The highest BCUT2D eigenvalue weighted by Gasteiger charge is 2.20. The minimum atomic E-state index is -0.364. The van der Waals surface area contributed by atoms with E-state index >= 15 is 0 Å². The minimum absolute atomic E-state index is 0.101. The van der Waals surface area contributed by atoms with Gasteiger partial charge in [0.05, 0.1) is 24.4 Å². The largest absolute Gasteiger partial charge is 0.462 e. The van der Waals surface area contributed by atoms with E-state index in [4.69, 9.17) is 4.74 Å². The van der Waals surface area contributed by atoms with E-state index in [1.165, 1.54) is 0 Å². The molecule has 0 unspecified atom stereocenters.